The Hall–Kier alpha value is -1.80. The van der Waals surface area contributed by atoms with E-state index in [2.05, 4.69) is 22.5 Å². The number of nitrogens with one attached hydrogen (secondary N) is 2. The first-order chi connectivity index (χ1) is 11.0. The predicted molar refractivity (Wildman–Crippen MR) is 79.7 cm³/mol. The monoisotopic (exact) mass is 328 g/mol. The highest BCUT2D eigenvalue weighted by atomic mass is 19.2. The largest absolute Gasteiger partial charge is 0.322 e. The molecule has 0 aromatic heterocycles. The normalized spacial score (nSPS) is 25.1. The second-order valence-corrected chi connectivity index (χ2v) is 6.03. The molecule has 2 saturated heterocycles. The van der Waals surface area contributed by atoms with Gasteiger partial charge in [-0.25, -0.2) is 18.0 Å². The van der Waals surface area contributed by atoms with E-state index < -0.39 is 23.5 Å². The van der Waals surface area contributed by atoms with Crippen molar-refractivity contribution in [1.29, 1.82) is 0 Å². The summed E-state index contributed by atoms with van der Waals surface area (Å²) in [6.07, 6.45) is 0. The second kappa shape index (κ2) is 6.37. The molecular weight excluding hydrogens is 309 g/mol. The number of urea groups is 1. The van der Waals surface area contributed by atoms with Crippen molar-refractivity contribution in [3.05, 3.63) is 29.6 Å². The standard InChI is InChI=1S/C15H19F3N4O/c1-9-6-19-7-11-8-21(2-3-22(9)11)15(23)20-10-4-12(16)14(18)13(17)5-10/h4-5,9,11,19H,2-3,6-8H2,1H3,(H,20,23). The number of anilines is 1. The van der Waals surface area contributed by atoms with E-state index in [9.17, 15) is 18.0 Å². The Kier molecular flexibility index (Phi) is 4.45. The van der Waals surface area contributed by atoms with Gasteiger partial charge in [0.25, 0.3) is 0 Å². The first kappa shape index (κ1) is 16.1. The number of hydrogen-bond donors (Lipinski definition) is 2. The second-order valence-electron chi connectivity index (χ2n) is 6.03. The van der Waals surface area contributed by atoms with Gasteiger partial charge in [0.2, 0.25) is 0 Å². The average molecular weight is 328 g/mol. The number of carbonyl (C=O) groups is 1. The highest BCUT2D eigenvalue weighted by Gasteiger charge is 2.34. The van der Waals surface area contributed by atoms with E-state index in [0.717, 1.165) is 31.8 Å². The molecule has 2 atom stereocenters. The Morgan fingerprint density at radius 2 is 1.91 bits per heavy atom. The van der Waals surface area contributed by atoms with Gasteiger partial charge in [0.15, 0.2) is 17.5 Å². The van der Waals surface area contributed by atoms with Crippen molar-refractivity contribution in [3.63, 3.8) is 0 Å². The molecule has 2 N–H and O–H groups in total. The summed E-state index contributed by atoms with van der Waals surface area (Å²) < 4.78 is 39.3. The molecule has 8 heteroatoms. The molecule has 0 aliphatic carbocycles. The summed E-state index contributed by atoms with van der Waals surface area (Å²) in [7, 11) is 0. The SMILES string of the molecule is CC1CNCC2CN(C(=O)Nc3cc(F)c(F)c(F)c3)CCN12. The number of rotatable bonds is 1. The van der Waals surface area contributed by atoms with Crippen LogP contribution in [0.1, 0.15) is 6.92 Å². The number of benzene rings is 1. The lowest BCUT2D eigenvalue weighted by molar-refractivity contribution is 0.0424. The Morgan fingerprint density at radius 1 is 1.22 bits per heavy atom. The fourth-order valence-electron chi connectivity index (χ4n) is 3.22. The van der Waals surface area contributed by atoms with Gasteiger partial charge in [-0.15, -0.1) is 0 Å². The van der Waals surface area contributed by atoms with E-state index in [1.54, 1.807) is 4.90 Å². The van der Waals surface area contributed by atoms with Gasteiger partial charge in [0.1, 0.15) is 0 Å². The molecule has 2 unspecified atom stereocenters. The Bertz CT molecular complexity index is 589. The molecule has 5 nitrogen and oxygen atoms in total. The molecule has 2 fully saturated rings. The van der Waals surface area contributed by atoms with Gasteiger partial charge in [-0.05, 0) is 6.92 Å². The number of amides is 2. The first-order valence-electron chi connectivity index (χ1n) is 7.62. The van der Waals surface area contributed by atoms with Crippen molar-refractivity contribution in [3.8, 4) is 0 Å². The molecule has 2 aliphatic heterocycles. The Labute approximate surface area is 132 Å². The van der Waals surface area contributed by atoms with Gasteiger partial charge in [0, 0.05) is 62.6 Å². The smallest absolute Gasteiger partial charge is 0.321 e. The Morgan fingerprint density at radius 3 is 2.61 bits per heavy atom. The zero-order valence-electron chi connectivity index (χ0n) is 12.8. The highest BCUT2D eigenvalue weighted by Crippen LogP contribution is 2.20. The number of nitrogens with zero attached hydrogens (tertiary/aromatic N) is 2. The topological polar surface area (TPSA) is 47.6 Å². The van der Waals surface area contributed by atoms with Crippen LogP contribution < -0.4 is 10.6 Å². The maximum atomic E-state index is 13.2. The third-order valence-electron chi connectivity index (χ3n) is 4.44. The fourth-order valence-corrected chi connectivity index (χ4v) is 3.22. The van der Waals surface area contributed by atoms with Gasteiger partial charge in [-0.3, -0.25) is 4.90 Å². The van der Waals surface area contributed by atoms with Crippen molar-refractivity contribution in [1.82, 2.24) is 15.1 Å². The summed E-state index contributed by atoms with van der Waals surface area (Å²) >= 11 is 0. The molecule has 23 heavy (non-hydrogen) atoms. The van der Waals surface area contributed by atoms with Crippen molar-refractivity contribution in [2.24, 2.45) is 0 Å². The molecule has 126 valence electrons. The van der Waals surface area contributed by atoms with Crippen molar-refractivity contribution in [2.45, 2.75) is 19.0 Å². The van der Waals surface area contributed by atoms with E-state index in [1.165, 1.54) is 0 Å². The summed E-state index contributed by atoms with van der Waals surface area (Å²) in [4.78, 5) is 16.2. The van der Waals surface area contributed by atoms with Crippen LogP contribution in [0.3, 0.4) is 0 Å². The molecule has 1 aromatic carbocycles. The van der Waals surface area contributed by atoms with E-state index in [-0.39, 0.29) is 11.7 Å². The highest BCUT2D eigenvalue weighted by molar-refractivity contribution is 5.89. The summed E-state index contributed by atoms with van der Waals surface area (Å²) in [5.74, 6) is -4.19. The van der Waals surface area contributed by atoms with Gasteiger partial charge in [-0.1, -0.05) is 0 Å². The van der Waals surface area contributed by atoms with Crippen LogP contribution in [0.25, 0.3) is 0 Å². The minimum Gasteiger partial charge on any atom is -0.322 e. The number of fused-ring (bicyclic) bond motifs is 1. The van der Waals surface area contributed by atoms with Crippen LogP contribution >= 0.6 is 0 Å². The molecule has 0 spiro atoms. The molecule has 1 aromatic rings. The number of halogens is 3. The van der Waals surface area contributed by atoms with Crippen LogP contribution in [0, 0.1) is 17.5 Å². The number of carbonyl (C=O) groups excluding carboxylic acids is 1. The molecule has 3 rings (SSSR count). The maximum absolute atomic E-state index is 13.2. The zero-order chi connectivity index (χ0) is 16.6. The summed E-state index contributed by atoms with van der Waals surface area (Å²) in [5, 5.41) is 5.75. The third-order valence-corrected chi connectivity index (χ3v) is 4.44. The summed E-state index contributed by atoms with van der Waals surface area (Å²) in [6, 6.07) is 1.75. The van der Waals surface area contributed by atoms with E-state index in [1.807, 2.05) is 0 Å². The van der Waals surface area contributed by atoms with Crippen LogP contribution in [0.4, 0.5) is 23.7 Å². The zero-order valence-corrected chi connectivity index (χ0v) is 12.8. The average Bonchev–Trinajstić information content (AvgIpc) is 2.52. The van der Waals surface area contributed by atoms with Crippen molar-refractivity contribution < 1.29 is 18.0 Å². The van der Waals surface area contributed by atoms with Gasteiger partial charge < -0.3 is 15.5 Å². The van der Waals surface area contributed by atoms with Crippen LogP contribution in [0.5, 0.6) is 0 Å². The lowest BCUT2D eigenvalue weighted by Crippen LogP contribution is -2.65. The van der Waals surface area contributed by atoms with E-state index in [0.29, 0.717) is 19.1 Å². The van der Waals surface area contributed by atoms with Gasteiger partial charge >= 0.3 is 6.03 Å². The van der Waals surface area contributed by atoms with Crippen LogP contribution in [-0.4, -0.2) is 60.6 Å². The Balaban J connectivity index is 1.65. The number of hydrogen-bond acceptors (Lipinski definition) is 3. The summed E-state index contributed by atoms with van der Waals surface area (Å²) in [6.45, 7) is 5.70. The molecule has 2 amide bonds. The number of piperazine rings is 2. The first-order valence-corrected chi connectivity index (χ1v) is 7.62. The predicted octanol–water partition coefficient (Wildman–Crippen LogP) is 1.61. The molecule has 2 heterocycles. The quantitative estimate of drug-likeness (QED) is 0.770. The van der Waals surface area contributed by atoms with Crippen LogP contribution in [-0.2, 0) is 0 Å². The van der Waals surface area contributed by atoms with Crippen molar-refractivity contribution in [2.75, 3.05) is 38.0 Å². The van der Waals surface area contributed by atoms with E-state index in [4.69, 9.17) is 0 Å². The molecule has 0 saturated carbocycles. The van der Waals surface area contributed by atoms with Gasteiger partial charge in [-0.2, -0.15) is 0 Å². The van der Waals surface area contributed by atoms with Crippen LogP contribution in [0.15, 0.2) is 12.1 Å². The molecule has 0 radical (unpaired) electrons. The van der Waals surface area contributed by atoms with Gasteiger partial charge in [0.05, 0.1) is 0 Å². The lowest BCUT2D eigenvalue weighted by atomic mass is 10.1. The molecule has 0 bridgehead atoms. The maximum Gasteiger partial charge on any atom is 0.321 e. The van der Waals surface area contributed by atoms with E-state index >= 15 is 0 Å². The molecular formula is C15H19F3N4O. The van der Waals surface area contributed by atoms with Crippen molar-refractivity contribution >= 4 is 11.7 Å². The minimum atomic E-state index is -1.54. The summed E-state index contributed by atoms with van der Waals surface area (Å²) in [5.41, 5.74) is -0.0935. The lowest BCUT2D eigenvalue weighted by Gasteiger charge is -2.47. The minimum absolute atomic E-state index is 0.0935. The molecule has 2 aliphatic rings. The van der Waals surface area contributed by atoms with Crippen LogP contribution in [0.2, 0.25) is 0 Å². The third kappa shape index (κ3) is 3.28. The fraction of sp³-hybridized carbons (Fsp3) is 0.533.